The van der Waals surface area contributed by atoms with Gasteiger partial charge in [0.25, 0.3) is 5.91 Å². The van der Waals surface area contributed by atoms with E-state index in [9.17, 15) is 9.59 Å². The topological polar surface area (TPSA) is 66.6 Å². The Morgan fingerprint density at radius 3 is 2.61 bits per heavy atom. The number of benzene rings is 1. The molecule has 28 heavy (non-hydrogen) atoms. The summed E-state index contributed by atoms with van der Waals surface area (Å²) in [5, 5.41) is 1.91. The maximum Gasteiger partial charge on any atom is 0.264 e. The van der Waals surface area contributed by atoms with Crippen LogP contribution in [0.25, 0.3) is 0 Å². The average Bonchev–Trinajstić information content (AvgIpc) is 3.43. The van der Waals surface area contributed by atoms with E-state index in [4.69, 9.17) is 5.73 Å². The molecule has 2 N–H and O–H groups in total. The lowest BCUT2D eigenvalue weighted by molar-refractivity contribution is -0.136. The third-order valence-electron chi connectivity index (χ3n) is 6.06. The summed E-state index contributed by atoms with van der Waals surface area (Å²) in [5.74, 6) is 0.597. The summed E-state index contributed by atoms with van der Waals surface area (Å²) in [7, 11) is 0. The van der Waals surface area contributed by atoms with Crippen molar-refractivity contribution in [2.45, 2.75) is 31.2 Å². The molecule has 2 aromatic rings. The molecule has 6 heteroatoms. The van der Waals surface area contributed by atoms with Gasteiger partial charge >= 0.3 is 0 Å². The molecule has 2 amide bonds. The van der Waals surface area contributed by atoms with Crippen molar-refractivity contribution in [2.75, 3.05) is 26.2 Å². The lowest BCUT2D eigenvalue weighted by Crippen LogP contribution is -2.52. The van der Waals surface area contributed by atoms with Gasteiger partial charge < -0.3 is 15.5 Å². The van der Waals surface area contributed by atoms with Crippen LogP contribution in [-0.4, -0.2) is 53.8 Å². The van der Waals surface area contributed by atoms with Crippen molar-refractivity contribution in [1.29, 1.82) is 0 Å². The summed E-state index contributed by atoms with van der Waals surface area (Å²) in [6.07, 6.45) is 2.69. The van der Waals surface area contributed by atoms with Gasteiger partial charge in [0.2, 0.25) is 5.91 Å². The molecule has 3 atom stereocenters. The fourth-order valence-electron chi connectivity index (χ4n) is 4.55. The van der Waals surface area contributed by atoms with Crippen LogP contribution in [-0.2, 0) is 4.79 Å². The third-order valence-corrected chi connectivity index (χ3v) is 6.92. The zero-order valence-electron chi connectivity index (χ0n) is 16.0. The molecule has 0 radical (unpaired) electrons. The zero-order chi connectivity index (χ0) is 19.5. The lowest BCUT2D eigenvalue weighted by Gasteiger charge is -2.36. The minimum atomic E-state index is -0.351. The van der Waals surface area contributed by atoms with Crippen LogP contribution in [0.2, 0.25) is 0 Å². The molecule has 2 aliphatic rings. The minimum absolute atomic E-state index is 0.0118. The van der Waals surface area contributed by atoms with Crippen molar-refractivity contribution in [2.24, 2.45) is 11.7 Å². The Labute approximate surface area is 170 Å². The highest BCUT2D eigenvalue weighted by molar-refractivity contribution is 7.12. The second-order valence-corrected chi connectivity index (χ2v) is 8.69. The Morgan fingerprint density at radius 2 is 1.89 bits per heavy atom. The van der Waals surface area contributed by atoms with Gasteiger partial charge in [-0.15, -0.1) is 11.3 Å². The van der Waals surface area contributed by atoms with E-state index in [0.717, 1.165) is 19.3 Å². The van der Waals surface area contributed by atoms with Crippen LogP contribution in [0, 0.1) is 5.92 Å². The van der Waals surface area contributed by atoms with Gasteiger partial charge in [0.15, 0.2) is 0 Å². The number of carbonyl (C=O) groups is 2. The minimum Gasteiger partial charge on any atom is -0.340 e. The highest BCUT2D eigenvalue weighted by atomic mass is 32.1. The molecule has 4 rings (SSSR count). The molecule has 0 aliphatic carbocycles. The van der Waals surface area contributed by atoms with Crippen molar-refractivity contribution >= 4 is 23.2 Å². The highest BCUT2D eigenvalue weighted by Crippen LogP contribution is 2.33. The van der Waals surface area contributed by atoms with E-state index >= 15 is 0 Å². The normalized spacial score (nSPS) is 25.1. The van der Waals surface area contributed by atoms with Crippen molar-refractivity contribution in [3.05, 3.63) is 58.3 Å². The summed E-state index contributed by atoms with van der Waals surface area (Å²) < 4.78 is 0. The number of likely N-dealkylation sites (tertiary alicyclic amines) is 2. The van der Waals surface area contributed by atoms with Gasteiger partial charge in [0.1, 0.15) is 6.04 Å². The fourth-order valence-corrected chi connectivity index (χ4v) is 5.23. The van der Waals surface area contributed by atoms with E-state index in [1.54, 1.807) is 4.90 Å². The number of hydrogen-bond donors (Lipinski definition) is 1. The zero-order valence-corrected chi connectivity index (χ0v) is 16.8. The van der Waals surface area contributed by atoms with Gasteiger partial charge in [0, 0.05) is 25.6 Å². The van der Waals surface area contributed by atoms with Crippen LogP contribution in [0.1, 0.15) is 40.4 Å². The lowest BCUT2D eigenvalue weighted by atomic mass is 9.89. The summed E-state index contributed by atoms with van der Waals surface area (Å²) >= 11 is 1.44. The fraction of sp³-hybridized carbons (Fsp3) is 0.455. The molecule has 1 unspecified atom stereocenters. The summed E-state index contributed by atoms with van der Waals surface area (Å²) in [4.78, 5) is 30.8. The van der Waals surface area contributed by atoms with Crippen LogP contribution in [0.3, 0.4) is 0 Å². The van der Waals surface area contributed by atoms with Crippen molar-refractivity contribution in [1.82, 2.24) is 9.80 Å². The average molecular weight is 398 g/mol. The smallest absolute Gasteiger partial charge is 0.264 e. The number of piperidine rings is 1. The standard InChI is InChI=1S/C22H27N3O2S/c23-13-17-14-24(15-18(17)16-7-2-1-3-8-16)21(26)19-9-4-5-11-25(19)22(27)20-10-6-12-28-20/h1-3,6-8,10,12,17-19H,4-5,9,11,13-15,23H2/t17-,18+,19?/m1/s1. The van der Waals surface area contributed by atoms with Crippen LogP contribution in [0.15, 0.2) is 47.8 Å². The van der Waals surface area contributed by atoms with Crippen LogP contribution in [0.4, 0.5) is 0 Å². The van der Waals surface area contributed by atoms with Crippen molar-refractivity contribution in [3.8, 4) is 0 Å². The second-order valence-electron chi connectivity index (χ2n) is 7.74. The monoisotopic (exact) mass is 397 g/mol. The van der Waals surface area contributed by atoms with E-state index < -0.39 is 0 Å². The molecule has 148 valence electrons. The Bertz CT molecular complexity index is 808. The molecule has 1 aromatic heterocycles. The Kier molecular flexibility index (Phi) is 5.78. The molecule has 5 nitrogen and oxygen atoms in total. The number of nitrogens with two attached hydrogens (primary N) is 1. The van der Waals surface area contributed by atoms with Gasteiger partial charge in [-0.2, -0.15) is 0 Å². The van der Waals surface area contributed by atoms with Gasteiger partial charge in [0.05, 0.1) is 4.88 Å². The summed E-state index contributed by atoms with van der Waals surface area (Å²) in [6, 6.07) is 13.7. The molecule has 2 aliphatic heterocycles. The first-order valence-electron chi connectivity index (χ1n) is 10.1. The molecular weight excluding hydrogens is 370 g/mol. The molecule has 0 saturated carbocycles. The number of hydrogen-bond acceptors (Lipinski definition) is 4. The summed E-state index contributed by atoms with van der Waals surface area (Å²) in [6.45, 7) is 2.57. The van der Waals surface area contributed by atoms with E-state index in [2.05, 4.69) is 12.1 Å². The van der Waals surface area contributed by atoms with Crippen LogP contribution < -0.4 is 5.73 Å². The van der Waals surface area contributed by atoms with Crippen LogP contribution in [0.5, 0.6) is 0 Å². The van der Waals surface area contributed by atoms with E-state index in [1.165, 1.54) is 16.9 Å². The maximum atomic E-state index is 13.4. The Hall–Kier alpha value is -2.18. The van der Waals surface area contributed by atoms with E-state index in [1.807, 2.05) is 40.6 Å². The SMILES string of the molecule is NC[C@@H]1CN(C(=O)C2CCCCN2C(=O)c2cccs2)C[C@H]1c1ccccc1. The predicted octanol–water partition coefficient (Wildman–Crippen LogP) is 2.94. The third kappa shape index (κ3) is 3.71. The van der Waals surface area contributed by atoms with Gasteiger partial charge in [-0.1, -0.05) is 36.4 Å². The molecule has 0 bridgehead atoms. The van der Waals surface area contributed by atoms with E-state index in [0.29, 0.717) is 31.1 Å². The number of thiophene rings is 1. The number of carbonyl (C=O) groups excluding carboxylic acids is 2. The number of amides is 2. The number of nitrogens with zero attached hydrogens (tertiary/aromatic N) is 2. The highest BCUT2D eigenvalue weighted by Gasteiger charge is 2.41. The first-order chi connectivity index (χ1) is 13.7. The second kappa shape index (κ2) is 8.45. The summed E-state index contributed by atoms with van der Waals surface area (Å²) in [5.41, 5.74) is 7.28. The van der Waals surface area contributed by atoms with Crippen molar-refractivity contribution in [3.63, 3.8) is 0 Å². The molecule has 2 saturated heterocycles. The Balaban J connectivity index is 1.52. The van der Waals surface area contributed by atoms with Gasteiger partial charge in [-0.25, -0.2) is 0 Å². The first kappa shape index (κ1) is 19.2. The van der Waals surface area contributed by atoms with Gasteiger partial charge in [-0.05, 0) is 48.7 Å². The van der Waals surface area contributed by atoms with Gasteiger partial charge in [-0.3, -0.25) is 9.59 Å². The van der Waals surface area contributed by atoms with E-state index in [-0.39, 0.29) is 29.7 Å². The molecule has 0 spiro atoms. The predicted molar refractivity (Wildman–Crippen MR) is 111 cm³/mol. The largest absolute Gasteiger partial charge is 0.340 e. The number of rotatable bonds is 4. The van der Waals surface area contributed by atoms with Crippen LogP contribution >= 0.6 is 11.3 Å². The molecule has 3 heterocycles. The molecule has 2 fully saturated rings. The molecular formula is C22H27N3O2S. The Morgan fingerprint density at radius 1 is 1.07 bits per heavy atom. The maximum absolute atomic E-state index is 13.4. The first-order valence-corrected chi connectivity index (χ1v) is 10.9. The van der Waals surface area contributed by atoms with Crippen molar-refractivity contribution < 1.29 is 9.59 Å². The molecule has 1 aromatic carbocycles. The quantitative estimate of drug-likeness (QED) is 0.863.